The summed E-state index contributed by atoms with van der Waals surface area (Å²) in [4.78, 5) is 12.0. The molecule has 19 heavy (non-hydrogen) atoms. The number of nitrogens with two attached hydrogens (primary N) is 1. The molecule has 4 N–H and O–H groups in total. The quantitative estimate of drug-likeness (QED) is 0.783. The number of hydrogen-bond donors (Lipinski definition) is 3. The Labute approximate surface area is 114 Å². The molecular weight excluding hydrogens is 238 g/mol. The minimum Gasteiger partial charge on any atom is -0.333 e. The van der Waals surface area contributed by atoms with Gasteiger partial charge in [-0.05, 0) is 50.3 Å². The molecule has 1 aromatic rings. The Bertz CT molecular complexity index is 482. The summed E-state index contributed by atoms with van der Waals surface area (Å²) in [5.74, 6) is 0. The first-order valence-electron chi connectivity index (χ1n) is 6.89. The van der Waals surface area contributed by atoms with Crippen LogP contribution in [0.2, 0.25) is 0 Å². The van der Waals surface area contributed by atoms with E-state index in [1.54, 1.807) is 0 Å². The van der Waals surface area contributed by atoms with Crippen molar-refractivity contribution in [3.05, 3.63) is 29.3 Å². The Morgan fingerprint density at radius 1 is 1.47 bits per heavy atom. The van der Waals surface area contributed by atoms with Crippen LogP contribution in [0.25, 0.3) is 0 Å². The molecule has 1 aliphatic rings. The van der Waals surface area contributed by atoms with E-state index in [4.69, 9.17) is 5.73 Å². The van der Waals surface area contributed by atoms with Gasteiger partial charge in [-0.25, -0.2) is 4.79 Å². The number of rotatable bonds is 3. The van der Waals surface area contributed by atoms with Crippen molar-refractivity contribution in [1.29, 1.82) is 0 Å². The first kappa shape index (κ1) is 13.9. The van der Waals surface area contributed by atoms with Crippen molar-refractivity contribution >= 4 is 11.7 Å². The summed E-state index contributed by atoms with van der Waals surface area (Å²) in [6.07, 6.45) is 2.78. The Hall–Kier alpha value is -1.55. The highest BCUT2D eigenvalue weighted by molar-refractivity contribution is 5.91. The van der Waals surface area contributed by atoms with Gasteiger partial charge >= 0.3 is 6.03 Å². The summed E-state index contributed by atoms with van der Waals surface area (Å²) < 4.78 is 0. The van der Waals surface area contributed by atoms with Crippen molar-refractivity contribution in [2.45, 2.75) is 51.6 Å². The molecule has 0 spiro atoms. The molecule has 0 radical (unpaired) electrons. The van der Waals surface area contributed by atoms with Crippen LogP contribution in [0.4, 0.5) is 10.5 Å². The summed E-state index contributed by atoms with van der Waals surface area (Å²) in [7, 11) is 0. The van der Waals surface area contributed by atoms with Crippen LogP contribution in [0.1, 0.15) is 50.8 Å². The van der Waals surface area contributed by atoms with E-state index in [0.29, 0.717) is 0 Å². The lowest BCUT2D eigenvalue weighted by molar-refractivity contribution is 0.240. The van der Waals surface area contributed by atoms with Crippen LogP contribution in [0.3, 0.4) is 0 Å². The van der Waals surface area contributed by atoms with E-state index in [9.17, 15) is 4.79 Å². The molecule has 104 valence electrons. The molecule has 1 unspecified atom stereocenters. The molecule has 0 saturated carbocycles. The van der Waals surface area contributed by atoms with Crippen LogP contribution in [-0.2, 0) is 6.42 Å². The molecule has 1 aliphatic carbocycles. The molecule has 1 aromatic carbocycles. The molecule has 0 saturated heterocycles. The zero-order valence-electron chi connectivity index (χ0n) is 11.9. The van der Waals surface area contributed by atoms with Gasteiger partial charge in [0.1, 0.15) is 0 Å². The molecule has 0 aromatic heterocycles. The number of hydrogen-bond acceptors (Lipinski definition) is 2. The summed E-state index contributed by atoms with van der Waals surface area (Å²) in [6.45, 7) is 6.08. The maximum Gasteiger partial charge on any atom is 0.319 e. The van der Waals surface area contributed by atoms with Gasteiger partial charge in [0.2, 0.25) is 0 Å². The molecule has 4 heteroatoms. The Kier molecular flexibility index (Phi) is 3.80. The Balaban J connectivity index is 2.11. The van der Waals surface area contributed by atoms with E-state index in [0.717, 1.165) is 30.5 Å². The van der Waals surface area contributed by atoms with Gasteiger partial charge in [-0.15, -0.1) is 0 Å². The van der Waals surface area contributed by atoms with Crippen LogP contribution in [0.15, 0.2) is 18.2 Å². The summed E-state index contributed by atoms with van der Waals surface area (Å²) in [5, 5.41) is 5.92. The van der Waals surface area contributed by atoms with E-state index in [-0.39, 0.29) is 17.6 Å². The SMILES string of the molecule is CCC(C)(C)NC(=O)Nc1cccc2c1CCC2N. The van der Waals surface area contributed by atoms with E-state index < -0.39 is 0 Å². The molecular formula is C15H23N3O. The zero-order chi connectivity index (χ0) is 14.0. The maximum atomic E-state index is 12.0. The van der Waals surface area contributed by atoms with Crippen LogP contribution in [0, 0.1) is 0 Å². The largest absolute Gasteiger partial charge is 0.333 e. The first-order valence-corrected chi connectivity index (χ1v) is 6.89. The normalized spacial score (nSPS) is 18.0. The molecule has 0 heterocycles. The number of carbonyl (C=O) groups excluding carboxylic acids is 1. The smallest absolute Gasteiger partial charge is 0.319 e. The highest BCUT2D eigenvalue weighted by Crippen LogP contribution is 2.34. The maximum absolute atomic E-state index is 12.0. The fourth-order valence-corrected chi connectivity index (χ4v) is 2.35. The van der Waals surface area contributed by atoms with Crippen LogP contribution >= 0.6 is 0 Å². The minimum atomic E-state index is -0.196. The predicted molar refractivity (Wildman–Crippen MR) is 78.2 cm³/mol. The van der Waals surface area contributed by atoms with Gasteiger partial charge in [0.15, 0.2) is 0 Å². The third-order valence-corrected chi connectivity index (χ3v) is 3.90. The monoisotopic (exact) mass is 261 g/mol. The van der Waals surface area contributed by atoms with Crippen molar-refractivity contribution in [1.82, 2.24) is 5.32 Å². The summed E-state index contributed by atoms with van der Waals surface area (Å²) in [6, 6.07) is 5.89. The van der Waals surface area contributed by atoms with Crippen LogP contribution in [-0.4, -0.2) is 11.6 Å². The van der Waals surface area contributed by atoms with Gasteiger partial charge in [0.25, 0.3) is 0 Å². The summed E-state index contributed by atoms with van der Waals surface area (Å²) in [5.41, 5.74) is 9.07. The lowest BCUT2D eigenvalue weighted by Gasteiger charge is -2.25. The predicted octanol–water partition coefficient (Wildman–Crippen LogP) is 2.94. The number of amides is 2. The van der Waals surface area contributed by atoms with Crippen LogP contribution < -0.4 is 16.4 Å². The van der Waals surface area contributed by atoms with Gasteiger partial charge in [-0.1, -0.05) is 19.1 Å². The standard InChI is InChI=1S/C15H23N3O/c1-4-15(2,3)18-14(19)17-13-7-5-6-10-11(13)8-9-12(10)16/h5-7,12H,4,8-9,16H2,1-3H3,(H2,17,18,19). The molecule has 2 amide bonds. The van der Waals surface area contributed by atoms with Gasteiger partial charge in [0.05, 0.1) is 0 Å². The van der Waals surface area contributed by atoms with Gasteiger partial charge in [0, 0.05) is 17.3 Å². The van der Waals surface area contributed by atoms with E-state index in [2.05, 4.69) is 17.6 Å². The van der Waals surface area contributed by atoms with E-state index in [1.807, 2.05) is 32.0 Å². The number of urea groups is 1. The first-order chi connectivity index (χ1) is 8.93. The van der Waals surface area contributed by atoms with Gasteiger partial charge in [-0.3, -0.25) is 0 Å². The van der Waals surface area contributed by atoms with Crippen molar-refractivity contribution in [2.75, 3.05) is 5.32 Å². The molecule has 4 nitrogen and oxygen atoms in total. The van der Waals surface area contributed by atoms with Crippen molar-refractivity contribution < 1.29 is 4.79 Å². The number of fused-ring (bicyclic) bond motifs is 1. The zero-order valence-corrected chi connectivity index (χ0v) is 11.9. The number of carbonyl (C=O) groups is 1. The minimum absolute atomic E-state index is 0.104. The van der Waals surface area contributed by atoms with Crippen LogP contribution in [0.5, 0.6) is 0 Å². The highest BCUT2D eigenvalue weighted by Gasteiger charge is 2.23. The second-order valence-electron chi connectivity index (χ2n) is 5.84. The molecule has 2 rings (SSSR count). The van der Waals surface area contributed by atoms with Gasteiger partial charge in [-0.2, -0.15) is 0 Å². The highest BCUT2D eigenvalue weighted by atomic mass is 16.2. The average molecular weight is 261 g/mol. The molecule has 0 aliphatic heterocycles. The van der Waals surface area contributed by atoms with E-state index in [1.165, 1.54) is 5.56 Å². The third kappa shape index (κ3) is 3.07. The fraction of sp³-hybridized carbons (Fsp3) is 0.533. The summed E-state index contributed by atoms with van der Waals surface area (Å²) >= 11 is 0. The van der Waals surface area contributed by atoms with E-state index >= 15 is 0 Å². The lowest BCUT2D eigenvalue weighted by Crippen LogP contribution is -2.45. The fourth-order valence-electron chi connectivity index (χ4n) is 2.35. The molecule has 0 fully saturated rings. The lowest BCUT2D eigenvalue weighted by atomic mass is 10.0. The average Bonchev–Trinajstić information content (AvgIpc) is 2.72. The van der Waals surface area contributed by atoms with Gasteiger partial charge < -0.3 is 16.4 Å². The number of nitrogens with one attached hydrogen (secondary N) is 2. The topological polar surface area (TPSA) is 67.2 Å². The number of benzene rings is 1. The third-order valence-electron chi connectivity index (χ3n) is 3.90. The Morgan fingerprint density at radius 2 is 2.21 bits per heavy atom. The van der Waals surface area contributed by atoms with Crippen molar-refractivity contribution in [3.63, 3.8) is 0 Å². The molecule has 0 bridgehead atoms. The van der Waals surface area contributed by atoms with Crippen molar-refractivity contribution in [2.24, 2.45) is 5.73 Å². The number of anilines is 1. The molecule has 1 atom stereocenters. The second kappa shape index (κ2) is 5.21. The second-order valence-corrected chi connectivity index (χ2v) is 5.84. The van der Waals surface area contributed by atoms with Crippen molar-refractivity contribution in [3.8, 4) is 0 Å². The Morgan fingerprint density at radius 3 is 2.89 bits per heavy atom.